The lowest BCUT2D eigenvalue weighted by molar-refractivity contribution is -0.137. The molecule has 1 N–H and O–H groups in total. The second-order valence-electron chi connectivity index (χ2n) is 6.78. The van der Waals surface area contributed by atoms with Gasteiger partial charge < -0.3 is 9.63 Å². The number of β-amino-alcohol motifs (C(OH)–C–C–N with tert-alkyl or cyclic N) is 1. The Morgan fingerprint density at radius 2 is 2.08 bits per heavy atom. The first-order valence-electron chi connectivity index (χ1n) is 8.32. The van der Waals surface area contributed by atoms with Crippen molar-refractivity contribution in [2.75, 3.05) is 6.54 Å². The fourth-order valence-corrected chi connectivity index (χ4v) is 3.33. The first kappa shape index (κ1) is 16.5. The van der Waals surface area contributed by atoms with Gasteiger partial charge in [0.05, 0.1) is 18.2 Å². The van der Waals surface area contributed by atoms with E-state index in [2.05, 4.69) is 10.1 Å². The third-order valence-electron chi connectivity index (χ3n) is 4.73. The molecular weight excluding hydrogens is 335 g/mol. The number of aliphatic hydroxyl groups excluding tert-OH is 1. The average molecular weight is 353 g/mol. The van der Waals surface area contributed by atoms with E-state index in [-0.39, 0.29) is 6.04 Å². The molecule has 25 heavy (non-hydrogen) atoms. The SMILES string of the molecule is O[C@@H]1C[C@@H](c2cccc(C(F)(F)F)c2)N(Cc2noc(C3CC3)n2)C1. The molecule has 2 aliphatic rings. The van der Waals surface area contributed by atoms with Gasteiger partial charge in [-0.05, 0) is 37.0 Å². The number of hydrogen-bond acceptors (Lipinski definition) is 5. The molecule has 1 aromatic carbocycles. The largest absolute Gasteiger partial charge is 0.416 e. The van der Waals surface area contributed by atoms with Crippen molar-refractivity contribution in [2.45, 2.75) is 50.0 Å². The van der Waals surface area contributed by atoms with Crippen molar-refractivity contribution in [2.24, 2.45) is 0 Å². The Hall–Kier alpha value is -1.93. The van der Waals surface area contributed by atoms with E-state index < -0.39 is 17.8 Å². The molecule has 0 amide bonds. The summed E-state index contributed by atoms with van der Waals surface area (Å²) in [4.78, 5) is 6.27. The number of nitrogens with zero attached hydrogens (tertiary/aromatic N) is 3. The summed E-state index contributed by atoms with van der Waals surface area (Å²) in [7, 11) is 0. The summed E-state index contributed by atoms with van der Waals surface area (Å²) in [5, 5.41) is 14.0. The number of halogens is 3. The van der Waals surface area contributed by atoms with Crippen LogP contribution in [0, 0.1) is 0 Å². The zero-order chi connectivity index (χ0) is 17.6. The smallest absolute Gasteiger partial charge is 0.392 e. The summed E-state index contributed by atoms with van der Waals surface area (Å²) in [6.07, 6.45) is -2.48. The van der Waals surface area contributed by atoms with Gasteiger partial charge in [0.15, 0.2) is 5.82 Å². The Morgan fingerprint density at radius 3 is 2.80 bits per heavy atom. The predicted octanol–water partition coefficient (Wildman–Crippen LogP) is 3.27. The molecule has 5 nitrogen and oxygen atoms in total. The van der Waals surface area contributed by atoms with Gasteiger partial charge in [0.25, 0.3) is 0 Å². The number of rotatable bonds is 4. The fraction of sp³-hybridized carbons (Fsp3) is 0.529. The summed E-state index contributed by atoms with van der Waals surface area (Å²) in [6.45, 7) is 0.711. The van der Waals surface area contributed by atoms with Crippen molar-refractivity contribution >= 4 is 0 Å². The van der Waals surface area contributed by atoms with Gasteiger partial charge in [0, 0.05) is 18.5 Å². The molecule has 0 radical (unpaired) electrons. The van der Waals surface area contributed by atoms with Crippen LogP contribution in [0.3, 0.4) is 0 Å². The summed E-state index contributed by atoms with van der Waals surface area (Å²) in [5.41, 5.74) is -0.140. The highest BCUT2D eigenvalue weighted by Crippen LogP contribution is 2.40. The van der Waals surface area contributed by atoms with Crippen molar-refractivity contribution in [3.8, 4) is 0 Å². The molecular formula is C17H18F3N3O2. The highest BCUT2D eigenvalue weighted by Gasteiger charge is 2.36. The molecule has 2 atom stereocenters. The number of likely N-dealkylation sites (tertiary alicyclic amines) is 1. The summed E-state index contributed by atoms with van der Waals surface area (Å²) in [6, 6.07) is 4.97. The lowest BCUT2D eigenvalue weighted by atomic mass is 10.0. The van der Waals surface area contributed by atoms with E-state index in [1.54, 1.807) is 6.07 Å². The first-order valence-corrected chi connectivity index (χ1v) is 8.32. The Labute approximate surface area is 142 Å². The molecule has 2 aromatic rings. The van der Waals surface area contributed by atoms with Crippen molar-refractivity contribution < 1.29 is 22.8 Å². The molecule has 0 unspecified atom stereocenters. The van der Waals surface area contributed by atoms with Crippen LogP contribution < -0.4 is 0 Å². The fourth-order valence-electron chi connectivity index (χ4n) is 3.33. The van der Waals surface area contributed by atoms with E-state index in [9.17, 15) is 18.3 Å². The maximum Gasteiger partial charge on any atom is 0.416 e. The maximum atomic E-state index is 13.0. The lowest BCUT2D eigenvalue weighted by Gasteiger charge is -2.23. The van der Waals surface area contributed by atoms with Crippen LogP contribution in [0.5, 0.6) is 0 Å². The highest BCUT2D eigenvalue weighted by atomic mass is 19.4. The second kappa shape index (κ2) is 6.10. The third-order valence-corrected chi connectivity index (χ3v) is 4.73. The number of alkyl halides is 3. The Morgan fingerprint density at radius 1 is 1.28 bits per heavy atom. The molecule has 1 aliphatic heterocycles. The molecule has 1 saturated heterocycles. The first-order chi connectivity index (χ1) is 11.9. The van der Waals surface area contributed by atoms with Crippen molar-refractivity contribution in [1.29, 1.82) is 0 Å². The van der Waals surface area contributed by atoms with E-state index in [1.165, 1.54) is 6.07 Å². The quantitative estimate of drug-likeness (QED) is 0.914. The minimum absolute atomic E-state index is 0.305. The second-order valence-corrected chi connectivity index (χ2v) is 6.78. The molecule has 1 aromatic heterocycles. The van der Waals surface area contributed by atoms with E-state index >= 15 is 0 Å². The zero-order valence-corrected chi connectivity index (χ0v) is 13.4. The molecule has 4 rings (SSSR count). The topological polar surface area (TPSA) is 62.4 Å². The van der Waals surface area contributed by atoms with Crippen molar-refractivity contribution in [3.63, 3.8) is 0 Å². The Kier molecular flexibility index (Phi) is 4.04. The molecule has 0 bridgehead atoms. The summed E-state index contributed by atoms with van der Waals surface area (Å²) in [5.74, 6) is 1.49. The molecule has 8 heteroatoms. The molecule has 0 spiro atoms. The lowest BCUT2D eigenvalue weighted by Crippen LogP contribution is -2.25. The van der Waals surface area contributed by atoms with Gasteiger partial charge >= 0.3 is 6.18 Å². The number of hydrogen-bond donors (Lipinski definition) is 1. The van der Waals surface area contributed by atoms with E-state index in [4.69, 9.17) is 4.52 Å². The van der Waals surface area contributed by atoms with Crippen LogP contribution >= 0.6 is 0 Å². The van der Waals surface area contributed by atoms with Crippen LogP contribution in [-0.4, -0.2) is 32.8 Å². The third kappa shape index (κ3) is 3.55. The average Bonchev–Trinajstić information content (AvgIpc) is 3.20. The van der Waals surface area contributed by atoms with Gasteiger partial charge in [-0.3, -0.25) is 4.90 Å². The van der Waals surface area contributed by atoms with Gasteiger partial charge in [0.2, 0.25) is 5.89 Å². The summed E-state index contributed by atoms with van der Waals surface area (Å²) >= 11 is 0. The van der Waals surface area contributed by atoms with Crippen molar-refractivity contribution in [1.82, 2.24) is 15.0 Å². The monoisotopic (exact) mass is 353 g/mol. The normalized spacial score (nSPS) is 24.8. The van der Waals surface area contributed by atoms with Crippen LogP contribution in [0.25, 0.3) is 0 Å². The van der Waals surface area contributed by atoms with Crippen LogP contribution in [0.15, 0.2) is 28.8 Å². The van der Waals surface area contributed by atoms with E-state index in [0.717, 1.165) is 25.0 Å². The Bertz CT molecular complexity index is 758. The van der Waals surface area contributed by atoms with Gasteiger partial charge in [-0.2, -0.15) is 18.2 Å². The zero-order valence-electron chi connectivity index (χ0n) is 13.4. The molecule has 2 fully saturated rings. The molecule has 1 saturated carbocycles. The van der Waals surface area contributed by atoms with Crippen LogP contribution in [0.2, 0.25) is 0 Å². The van der Waals surface area contributed by atoms with Crippen molar-refractivity contribution in [3.05, 3.63) is 47.1 Å². The van der Waals surface area contributed by atoms with Crippen LogP contribution in [-0.2, 0) is 12.7 Å². The number of aliphatic hydroxyl groups is 1. The highest BCUT2D eigenvalue weighted by molar-refractivity contribution is 5.29. The molecule has 2 heterocycles. The molecule has 1 aliphatic carbocycles. The van der Waals surface area contributed by atoms with Crippen LogP contribution in [0.1, 0.15) is 54.1 Å². The van der Waals surface area contributed by atoms with Gasteiger partial charge in [0.1, 0.15) is 0 Å². The van der Waals surface area contributed by atoms with E-state index in [0.29, 0.717) is 42.7 Å². The standard InChI is InChI=1S/C17H18F3N3O2/c18-17(19,20)12-3-1-2-11(6-12)14-7-13(24)8-23(14)9-15-21-16(25-22-15)10-4-5-10/h1-3,6,10,13-14,24H,4-5,7-9H2/t13-,14+/m1/s1. The maximum absolute atomic E-state index is 13.0. The minimum Gasteiger partial charge on any atom is -0.392 e. The minimum atomic E-state index is -4.38. The molecule has 134 valence electrons. The number of benzene rings is 1. The summed E-state index contributed by atoms with van der Waals surface area (Å²) < 4.78 is 44.1. The van der Waals surface area contributed by atoms with Gasteiger partial charge in [-0.15, -0.1) is 0 Å². The van der Waals surface area contributed by atoms with Gasteiger partial charge in [-0.25, -0.2) is 0 Å². The van der Waals surface area contributed by atoms with E-state index in [1.807, 2.05) is 4.90 Å². The Balaban J connectivity index is 1.54. The van der Waals surface area contributed by atoms with Gasteiger partial charge in [-0.1, -0.05) is 17.3 Å². The predicted molar refractivity (Wildman–Crippen MR) is 81.5 cm³/mol. The van der Waals surface area contributed by atoms with Crippen LogP contribution in [0.4, 0.5) is 13.2 Å². The number of aromatic nitrogens is 2.